The molecule has 1 heterocycles. The molecule has 104 valence electrons. The van der Waals surface area contributed by atoms with Gasteiger partial charge in [0.25, 0.3) is 0 Å². The molecule has 0 N–H and O–H groups in total. The average molecular weight is 267 g/mol. The van der Waals surface area contributed by atoms with E-state index in [4.69, 9.17) is 0 Å². The van der Waals surface area contributed by atoms with Crippen molar-refractivity contribution in [3.63, 3.8) is 0 Å². The standard InChI is InChI=1S/C18H21NO/c1-12-4-3-5-15(10-12)18(20)16-8-9-17-14(11-16)7-6-13(2)19-17/h6-9,11-12,15H,3-5,10H2,1-2H3. The Kier molecular flexibility index (Phi) is 3.56. The minimum Gasteiger partial charge on any atom is -0.294 e. The Bertz CT molecular complexity index is 647. The summed E-state index contributed by atoms with van der Waals surface area (Å²) >= 11 is 0. The summed E-state index contributed by atoms with van der Waals surface area (Å²) in [5.74, 6) is 1.22. The number of hydrogen-bond donors (Lipinski definition) is 0. The maximum absolute atomic E-state index is 12.6. The first-order valence-corrected chi connectivity index (χ1v) is 7.55. The number of pyridine rings is 1. The minimum atomic E-state index is 0.217. The van der Waals surface area contributed by atoms with E-state index in [1.165, 1.54) is 12.8 Å². The largest absolute Gasteiger partial charge is 0.294 e. The molecule has 0 bridgehead atoms. The van der Waals surface area contributed by atoms with Crippen molar-refractivity contribution in [2.45, 2.75) is 39.5 Å². The van der Waals surface area contributed by atoms with Gasteiger partial charge in [0, 0.05) is 22.6 Å². The van der Waals surface area contributed by atoms with Gasteiger partial charge >= 0.3 is 0 Å². The van der Waals surface area contributed by atoms with Crippen LogP contribution in [0.4, 0.5) is 0 Å². The molecule has 0 saturated heterocycles. The third-order valence-electron chi connectivity index (χ3n) is 4.42. The summed E-state index contributed by atoms with van der Waals surface area (Å²) in [6, 6.07) is 9.97. The van der Waals surface area contributed by atoms with Crippen LogP contribution in [0.15, 0.2) is 30.3 Å². The average Bonchev–Trinajstić information content (AvgIpc) is 2.46. The maximum atomic E-state index is 12.6. The Labute approximate surface area is 120 Å². The van der Waals surface area contributed by atoms with Gasteiger partial charge in [-0.25, -0.2) is 0 Å². The number of Topliss-reactive ketones (excluding diaryl/α,β-unsaturated/α-hetero) is 1. The van der Waals surface area contributed by atoms with Crippen LogP contribution < -0.4 is 0 Å². The molecular weight excluding hydrogens is 246 g/mol. The zero-order chi connectivity index (χ0) is 14.1. The molecule has 2 unspecified atom stereocenters. The van der Waals surface area contributed by atoms with E-state index in [1.54, 1.807) is 0 Å². The van der Waals surface area contributed by atoms with E-state index < -0.39 is 0 Å². The molecule has 1 aliphatic carbocycles. The molecule has 0 aliphatic heterocycles. The molecule has 2 aromatic rings. The zero-order valence-corrected chi connectivity index (χ0v) is 12.2. The predicted octanol–water partition coefficient (Wildman–Crippen LogP) is 4.55. The predicted molar refractivity (Wildman–Crippen MR) is 81.9 cm³/mol. The van der Waals surface area contributed by atoms with E-state index in [1.807, 2.05) is 31.2 Å². The van der Waals surface area contributed by atoms with Crippen molar-refractivity contribution in [1.82, 2.24) is 4.98 Å². The van der Waals surface area contributed by atoms with Gasteiger partial charge in [0.2, 0.25) is 0 Å². The smallest absolute Gasteiger partial charge is 0.165 e. The van der Waals surface area contributed by atoms with Crippen molar-refractivity contribution in [3.8, 4) is 0 Å². The molecule has 2 atom stereocenters. The molecule has 0 amide bonds. The normalized spacial score (nSPS) is 22.9. The quantitative estimate of drug-likeness (QED) is 0.747. The van der Waals surface area contributed by atoms with E-state index in [2.05, 4.69) is 18.0 Å². The van der Waals surface area contributed by atoms with E-state index in [9.17, 15) is 4.79 Å². The Morgan fingerprint density at radius 1 is 1.20 bits per heavy atom. The van der Waals surface area contributed by atoms with Crippen LogP contribution in [0.2, 0.25) is 0 Å². The highest BCUT2D eigenvalue weighted by molar-refractivity contribution is 6.00. The highest BCUT2D eigenvalue weighted by Gasteiger charge is 2.25. The van der Waals surface area contributed by atoms with E-state index in [0.29, 0.717) is 11.7 Å². The molecule has 1 aliphatic rings. The molecule has 1 aromatic carbocycles. The number of aryl methyl sites for hydroxylation is 1. The molecule has 1 fully saturated rings. The van der Waals surface area contributed by atoms with Crippen LogP contribution in [0.3, 0.4) is 0 Å². The Morgan fingerprint density at radius 2 is 2.05 bits per heavy atom. The number of carbonyl (C=O) groups excluding carboxylic acids is 1. The van der Waals surface area contributed by atoms with E-state index >= 15 is 0 Å². The highest BCUT2D eigenvalue weighted by Crippen LogP contribution is 2.31. The van der Waals surface area contributed by atoms with Crippen molar-refractivity contribution >= 4 is 16.7 Å². The lowest BCUT2D eigenvalue weighted by molar-refractivity contribution is 0.0868. The monoisotopic (exact) mass is 267 g/mol. The van der Waals surface area contributed by atoms with Gasteiger partial charge < -0.3 is 0 Å². The third-order valence-corrected chi connectivity index (χ3v) is 4.42. The van der Waals surface area contributed by atoms with Crippen molar-refractivity contribution < 1.29 is 4.79 Å². The van der Waals surface area contributed by atoms with Gasteiger partial charge in [0.05, 0.1) is 5.52 Å². The van der Waals surface area contributed by atoms with Gasteiger partial charge in [0.15, 0.2) is 5.78 Å². The molecular formula is C18H21NO. The van der Waals surface area contributed by atoms with Crippen LogP contribution in [-0.4, -0.2) is 10.8 Å². The first-order chi connectivity index (χ1) is 9.63. The SMILES string of the molecule is Cc1ccc2cc(C(=O)C3CCCC(C)C3)ccc2n1. The summed E-state index contributed by atoms with van der Waals surface area (Å²) in [5, 5.41) is 1.06. The van der Waals surface area contributed by atoms with Crippen LogP contribution in [0.25, 0.3) is 10.9 Å². The molecule has 1 aromatic heterocycles. The fraction of sp³-hybridized carbons (Fsp3) is 0.444. The van der Waals surface area contributed by atoms with Gasteiger partial charge in [0.1, 0.15) is 0 Å². The summed E-state index contributed by atoms with van der Waals surface area (Å²) < 4.78 is 0. The van der Waals surface area contributed by atoms with Crippen molar-refractivity contribution in [2.24, 2.45) is 11.8 Å². The molecule has 0 radical (unpaired) electrons. The maximum Gasteiger partial charge on any atom is 0.165 e. The van der Waals surface area contributed by atoms with Gasteiger partial charge in [-0.1, -0.05) is 25.8 Å². The number of benzene rings is 1. The highest BCUT2D eigenvalue weighted by atomic mass is 16.1. The van der Waals surface area contributed by atoms with E-state index in [0.717, 1.165) is 35.0 Å². The van der Waals surface area contributed by atoms with Crippen molar-refractivity contribution in [2.75, 3.05) is 0 Å². The number of fused-ring (bicyclic) bond motifs is 1. The van der Waals surface area contributed by atoms with Crippen LogP contribution in [0.1, 0.15) is 48.7 Å². The summed E-state index contributed by atoms with van der Waals surface area (Å²) in [6.45, 7) is 4.24. The number of hydrogen-bond acceptors (Lipinski definition) is 2. The van der Waals surface area contributed by atoms with E-state index in [-0.39, 0.29) is 5.92 Å². The second kappa shape index (κ2) is 5.35. The lowest BCUT2D eigenvalue weighted by Crippen LogP contribution is -2.21. The lowest BCUT2D eigenvalue weighted by Gasteiger charge is -2.25. The van der Waals surface area contributed by atoms with Gasteiger partial charge in [-0.15, -0.1) is 0 Å². The third kappa shape index (κ3) is 2.60. The molecule has 20 heavy (non-hydrogen) atoms. The summed E-state index contributed by atoms with van der Waals surface area (Å²) in [4.78, 5) is 17.1. The first kappa shape index (κ1) is 13.3. The molecule has 2 heteroatoms. The first-order valence-electron chi connectivity index (χ1n) is 7.55. The second-order valence-corrected chi connectivity index (χ2v) is 6.19. The number of rotatable bonds is 2. The summed E-state index contributed by atoms with van der Waals surface area (Å²) in [5.41, 5.74) is 2.83. The molecule has 1 saturated carbocycles. The topological polar surface area (TPSA) is 30.0 Å². The second-order valence-electron chi connectivity index (χ2n) is 6.19. The Hall–Kier alpha value is -1.70. The summed E-state index contributed by atoms with van der Waals surface area (Å²) in [6.07, 6.45) is 4.55. The molecule has 2 nitrogen and oxygen atoms in total. The van der Waals surface area contributed by atoms with Crippen molar-refractivity contribution in [1.29, 1.82) is 0 Å². The summed E-state index contributed by atoms with van der Waals surface area (Å²) in [7, 11) is 0. The van der Waals surface area contributed by atoms with Crippen molar-refractivity contribution in [3.05, 3.63) is 41.6 Å². The molecule has 3 rings (SSSR count). The Balaban J connectivity index is 1.89. The molecule has 0 spiro atoms. The number of nitrogens with zero attached hydrogens (tertiary/aromatic N) is 1. The number of aromatic nitrogens is 1. The minimum absolute atomic E-state index is 0.217. The van der Waals surface area contributed by atoms with Gasteiger partial charge in [-0.2, -0.15) is 0 Å². The zero-order valence-electron chi connectivity index (χ0n) is 12.2. The fourth-order valence-electron chi connectivity index (χ4n) is 3.29. The van der Waals surface area contributed by atoms with Gasteiger partial charge in [-0.05, 0) is 49.9 Å². The lowest BCUT2D eigenvalue weighted by atomic mass is 9.78. The van der Waals surface area contributed by atoms with Crippen LogP contribution in [0, 0.1) is 18.8 Å². The number of ketones is 1. The van der Waals surface area contributed by atoms with Crippen LogP contribution >= 0.6 is 0 Å². The fourth-order valence-corrected chi connectivity index (χ4v) is 3.29. The van der Waals surface area contributed by atoms with Crippen LogP contribution in [0.5, 0.6) is 0 Å². The Morgan fingerprint density at radius 3 is 2.85 bits per heavy atom. The van der Waals surface area contributed by atoms with Gasteiger partial charge in [-0.3, -0.25) is 9.78 Å². The van der Waals surface area contributed by atoms with Crippen LogP contribution in [-0.2, 0) is 0 Å². The number of carbonyl (C=O) groups is 1.